The number of rotatable bonds is 4. The summed E-state index contributed by atoms with van der Waals surface area (Å²) in [5.41, 5.74) is 0. The van der Waals surface area contributed by atoms with Crippen LogP contribution in [0.5, 0.6) is 0 Å². The Labute approximate surface area is 76.2 Å². The molecule has 0 heterocycles. The van der Waals surface area contributed by atoms with Crippen molar-refractivity contribution in [3.8, 4) is 0 Å². The van der Waals surface area contributed by atoms with Gasteiger partial charge in [0, 0.05) is 4.90 Å². The van der Waals surface area contributed by atoms with Gasteiger partial charge in [-0.3, -0.25) is 0 Å². The van der Waals surface area contributed by atoms with E-state index >= 15 is 0 Å². The van der Waals surface area contributed by atoms with Gasteiger partial charge in [0.2, 0.25) is 0 Å². The quantitative estimate of drug-likeness (QED) is 0.689. The van der Waals surface area contributed by atoms with Gasteiger partial charge < -0.3 is 10.2 Å². The lowest BCUT2D eigenvalue weighted by molar-refractivity contribution is 0.228. The van der Waals surface area contributed by atoms with Gasteiger partial charge in [-0.2, -0.15) is 0 Å². The summed E-state index contributed by atoms with van der Waals surface area (Å²) in [4.78, 5) is 1.07. The Morgan fingerprint density at radius 2 is 1.67 bits per heavy atom. The van der Waals surface area contributed by atoms with Gasteiger partial charge >= 0.3 is 0 Å². The molecule has 12 heavy (non-hydrogen) atoms. The average molecular weight is 184 g/mol. The van der Waals surface area contributed by atoms with Crippen molar-refractivity contribution in [2.75, 3.05) is 13.2 Å². The molecule has 0 aliphatic heterocycles. The lowest BCUT2D eigenvalue weighted by atomic mass is 10.4. The van der Waals surface area contributed by atoms with E-state index in [9.17, 15) is 0 Å². The zero-order chi connectivity index (χ0) is 8.81. The van der Waals surface area contributed by atoms with Crippen molar-refractivity contribution in [3.05, 3.63) is 30.3 Å². The van der Waals surface area contributed by atoms with Gasteiger partial charge in [0.15, 0.2) is 0 Å². The summed E-state index contributed by atoms with van der Waals surface area (Å²) in [6.45, 7) is 0.0200. The molecule has 2 nitrogen and oxygen atoms in total. The largest absolute Gasteiger partial charge is 0.395 e. The maximum absolute atomic E-state index is 8.81. The van der Waals surface area contributed by atoms with Crippen LogP contribution >= 0.6 is 11.8 Å². The standard InChI is InChI=1S/C9H12O2S/c10-6-9(7-11)12-8-4-2-1-3-5-8/h1-5,9-11H,6-7H2. The van der Waals surface area contributed by atoms with Gasteiger partial charge in [-0.15, -0.1) is 11.8 Å². The summed E-state index contributed by atoms with van der Waals surface area (Å²) in [6, 6.07) is 9.74. The van der Waals surface area contributed by atoms with Crippen LogP contribution < -0.4 is 0 Å². The van der Waals surface area contributed by atoms with Crippen LogP contribution in [0.1, 0.15) is 0 Å². The first-order valence-corrected chi connectivity index (χ1v) is 4.68. The number of benzene rings is 1. The minimum atomic E-state index is -0.104. The van der Waals surface area contributed by atoms with E-state index in [4.69, 9.17) is 10.2 Å². The maximum atomic E-state index is 8.81. The van der Waals surface area contributed by atoms with Crippen molar-refractivity contribution < 1.29 is 10.2 Å². The summed E-state index contributed by atoms with van der Waals surface area (Å²) < 4.78 is 0. The Bertz CT molecular complexity index is 209. The molecule has 1 rings (SSSR count). The first-order chi connectivity index (χ1) is 5.86. The summed E-state index contributed by atoms with van der Waals surface area (Å²) in [7, 11) is 0. The predicted octanol–water partition coefficient (Wildman–Crippen LogP) is 1.13. The van der Waals surface area contributed by atoms with Crippen LogP contribution in [-0.2, 0) is 0 Å². The Morgan fingerprint density at radius 1 is 1.08 bits per heavy atom. The van der Waals surface area contributed by atoms with Crippen molar-refractivity contribution in [3.63, 3.8) is 0 Å². The molecule has 0 amide bonds. The van der Waals surface area contributed by atoms with E-state index in [-0.39, 0.29) is 18.5 Å². The molecule has 66 valence electrons. The van der Waals surface area contributed by atoms with Crippen molar-refractivity contribution in [1.82, 2.24) is 0 Å². The van der Waals surface area contributed by atoms with Crippen LogP contribution in [-0.4, -0.2) is 28.7 Å². The van der Waals surface area contributed by atoms with Crippen LogP contribution in [0.4, 0.5) is 0 Å². The van der Waals surface area contributed by atoms with E-state index in [0.717, 1.165) is 4.90 Å². The SMILES string of the molecule is OCC(CO)Sc1ccccc1. The Morgan fingerprint density at radius 3 is 2.17 bits per heavy atom. The predicted molar refractivity (Wildman–Crippen MR) is 50.3 cm³/mol. The molecule has 0 radical (unpaired) electrons. The highest BCUT2D eigenvalue weighted by atomic mass is 32.2. The first kappa shape index (κ1) is 9.58. The molecule has 0 aliphatic rings. The van der Waals surface area contributed by atoms with Gasteiger partial charge in [0.1, 0.15) is 0 Å². The zero-order valence-electron chi connectivity index (χ0n) is 6.68. The third kappa shape index (κ3) is 2.85. The summed E-state index contributed by atoms with van der Waals surface area (Å²) in [6.07, 6.45) is 0. The molecular formula is C9H12O2S. The van der Waals surface area contributed by atoms with E-state index in [0.29, 0.717) is 0 Å². The van der Waals surface area contributed by atoms with Crippen LogP contribution in [0.25, 0.3) is 0 Å². The monoisotopic (exact) mass is 184 g/mol. The number of aliphatic hydroxyl groups is 2. The van der Waals surface area contributed by atoms with Gasteiger partial charge in [0.25, 0.3) is 0 Å². The van der Waals surface area contributed by atoms with Crippen molar-refractivity contribution in [1.29, 1.82) is 0 Å². The highest BCUT2D eigenvalue weighted by Crippen LogP contribution is 2.21. The summed E-state index contributed by atoms with van der Waals surface area (Å²) in [5.74, 6) is 0. The van der Waals surface area contributed by atoms with E-state index in [2.05, 4.69) is 0 Å². The highest BCUT2D eigenvalue weighted by Gasteiger charge is 2.06. The maximum Gasteiger partial charge on any atom is 0.0575 e. The third-order valence-electron chi connectivity index (χ3n) is 1.45. The Hall–Kier alpha value is -0.510. The fourth-order valence-corrected chi connectivity index (χ4v) is 1.67. The second-order valence-electron chi connectivity index (χ2n) is 2.42. The van der Waals surface area contributed by atoms with Gasteiger partial charge in [-0.1, -0.05) is 18.2 Å². The average Bonchev–Trinajstić information content (AvgIpc) is 2.16. The van der Waals surface area contributed by atoms with Crippen LogP contribution in [0.15, 0.2) is 35.2 Å². The molecule has 0 atom stereocenters. The second-order valence-corrected chi connectivity index (χ2v) is 3.79. The number of hydrogen-bond donors (Lipinski definition) is 2. The summed E-state index contributed by atoms with van der Waals surface area (Å²) >= 11 is 1.49. The molecule has 0 saturated heterocycles. The molecule has 0 fully saturated rings. The molecule has 2 N–H and O–H groups in total. The fourth-order valence-electron chi connectivity index (χ4n) is 0.824. The van der Waals surface area contributed by atoms with Gasteiger partial charge in [-0.05, 0) is 12.1 Å². The molecule has 0 unspecified atom stereocenters. The molecule has 1 aromatic carbocycles. The normalized spacial score (nSPS) is 10.6. The fraction of sp³-hybridized carbons (Fsp3) is 0.333. The third-order valence-corrected chi connectivity index (χ3v) is 2.63. The lowest BCUT2D eigenvalue weighted by Crippen LogP contribution is -2.12. The van der Waals surface area contributed by atoms with Gasteiger partial charge in [-0.25, -0.2) is 0 Å². The van der Waals surface area contributed by atoms with Crippen LogP contribution in [0.2, 0.25) is 0 Å². The lowest BCUT2D eigenvalue weighted by Gasteiger charge is -2.09. The molecule has 0 aliphatic carbocycles. The Balaban J connectivity index is 2.51. The minimum absolute atomic E-state index is 0.00998. The van der Waals surface area contributed by atoms with E-state index in [1.807, 2.05) is 30.3 Å². The topological polar surface area (TPSA) is 40.5 Å². The smallest absolute Gasteiger partial charge is 0.0575 e. The molecule has 1 aromatic rings. The molecule has 0 bridgehead atoms. The zero-order valence-corrected chi connectivity index (χ0v) is 7.50. The molecule has 3 heteroatoms. The number of hydrogen-bond acceptors (Lipinski definition) is 3. The van der Waals surface area contributed by atoms with Crippen molar-refractivity contribution >= 4 is 11.8 Å². The second kappa shape index (κ2) is 5.19. The summed E-state index contributed by atoms with van der Waals surface area (Å²) in [5, 5.41) is 17.5. The van der Waals surface area contributed by atoms with E-state index in [1.165, 1.54) is 11.8 Å². The van der Waals surface area contributed by atoms with Crippen molar-refractivity contribution in [2.45, 2.75) is 10.1 Å². The molecule has 0 spiro atoms. The Kier molecular flexibility index (Phi) is 4.14. The van der Waals surface area contributed by atoms with Gasteiger partial charge in [0.05, 0.1) is 18.5 Å². The number of thioether (sulfide) groups is 1. The molecule has 0 saturated carbocycles. The van der Waals surface area contributed by atoms with Crippen LogP contribution in [0.3, 0.4) is 0 Å². The van der Waals surface area contributed by atoms with Crippen molar-refractivity contribution in [2.24, 2.45) is 0 Å². The van der Waals surface area contributed by atoms with E-state index in [1.54, 1.807) is 0 Å². The molecular weight excluding hydrogens is 172 g/mol. The molecule has 0 aromatic heterocycles. The van der Waals surface area contributed by atoms with E-state index < -0.39 is 0 Å². The highest BCUT2D eigenvalue weighted by molar-refractivity contribution is 8.00. The van der Waals surface area contributed by atoms with Crippen LogP contribution in [0, 0.1) is 0 Å². The first-order valence-electron chi connectivity index (χ1n) is 3.80. The number of aliphatic hydroxyl groups excluding tert-OH is 2. The minimum Gasteiger partial charge on any atom is -0.395 e.